The van der Waals surface area contributed by atoms with Crippen molar-refractivity contribution in [2.45, 2.75) is 6.92 Å². The lowest BCUT2D eigenvalue weighted by atomic mass is 10.2. The van der Waals surface area contributed by atoms with E-state index in [1.54, 1.807) is 24.3 Å². The van der Waals surface area contributed by atoms with Crippen molar-refractivity contribution in [1.29, 1.82) is 0 Å². The number of hydrogen-bond donors (Lipinski definition) is 1. The molecule has 0 atom stereocenters. The summed E-state index contributed by atoms with van der Waals surface area (Å²) in [5.74, 6) is -1.70. The van der Waals surface area contributed by atoms with E-state index in [1.165, 1.54) is 0 Å². The van der Waals surface area contributed by atoms with Crippen LogP contribution in [-0.2, 0) is 9.59 Å². The van der Waals surface area contributed by atoms with Crippen LogP contribution in [0.2, 0.25) is 0 Å². The van der Waals surface area contributed by atoms with Crippen molar-refractivity contribution in [1.82, 2.24) is 0 Å². The lowest BCUT2D eigenvalue weighted by Crippen LogP contribution is -2.30. The Morgan fingerprint density at radius 3 is 2.20 bits per heavy atom. The van der Waals surface area contributed by atoms with E-state index in [4.69, 9.17) is 5.11 Å². The van der Waals surface area contributed by atoms with Gasteiger partial charge in [0.15, 0.2) is 5.76 Å². The number of carbonyl (C=O) groups is 2. The smallest absolute Gasteiger partial charge is 0.300 e. The maximum atomic E-state index is 11.4. The van der Waals surface area contributed by atoms with E-state index in [9.17, 15) is 9.59 Å². The van der Waals surface area contributed by atoms with E-state index in [0.717, 1.165) is 16.5 Å². The first kappa shape index (κ1) is 9.45. The second-order valence-electron chi connectivity index (χ2n) is 3.34. The number of hydrogen-bond acceptors (Lipinski definition) is 3. The van der Waals surface area contributed by atoms with Crippen molar-refractivity contribution < 1.29 is 14.7 Å². The average molecular weight is 203 g/mol. The van der Waals surface area contributed by atoms with Gasteiger partial charge in [0.25, 0.3) is 11.8 Å². The van der Waals surface area contributed by atoms with Gasteiger partial charge in [0, 0.05) is 0 Å². The van der Waals surface area contributed by atoms with Crippen LogP contribution in [-0.4, -0.2) is 16.9 Å². The zero-order valence-corrected chi connectivity index (χ0v) is 8.10. The molecular formula is C11H9NO3. The fourth-order valence-electron chi connectivity index (χ4n) is 1.40. The first-order chi connectivity index (χ1) is 7.09. The molecule has 2 amide bonds. The molecule has 0 spiro atoms. The van der Waals surface area contributed by atoms with Crippen molar-refractivity contribution in [2.75, 3.05) is 4.90 Å². The number of aliphatic hydroxyl groups is 1. The van der Waals surface area contributed by atoms with Crippen LogP contribution >= 0.6 is 0 Å². The molecule has 0 unspecified atom stereocenters. The number of amides is 2. The predicted molar refractivity (Wildman–Crippen MR) is 54.4 cm³/mol. The summed E-state index contributed by atoms with van der Waals surface area (Å²) in [5, 5.41) is 9.10. The molecule has 4 nitrogen and oxygen atoms in total. The van der Waals surface area contributed by atoms with E-state index in [-0.39, 0.29) is 0 Å². The maximum Gasteiger partial charge on any atom is 0.300 e. The molecule has 0 radical (unpaired) electrons. The summed E-state index contributed by atoms with van der Waals surface area (Å²) in [6.07, 6.45) is 0.919. The third-order valence-electron chi connectivity index (χ3n) is 2.19. The summed E-state index contributed by atoms with van der Waals surface area (Å²) in [7, 11) is 0. The second-order valence-corrected chi connectivity index (χ2v) is 3.34. The van der Waals surface area contributed by atoms with Crippen molar-refractivity contribution >= 4 is 17.5 Å². The minimum absolute atomic E-state index is 0.468. The molecule has 1 aromatic carbocycles. The molecule has 0 fully saturated rings. The van der Waals surface area contributed by atoms with Crippen LogP contribution in [0.5, 0.6) is 0 Å². The van der Waals surface area contributed by atoms with Gasteiger partial charge in [0.1, 0.15) is 0 Å². The Balaban J connectivity index is 2.38. The van der Waals surface area contributed by atoms with Gasteiger partial charge in [0.05, 0.1) is 11.8 Å². The number of anilines is 1. The van der Waals surface area contributed by atoms with Gasteiger partial charge in [0.2, 0.25) is 0 Å². The quantitative estimate of drug-likeness (QED) is 0.700. The molecule has 1 aliphatic rings. The molecule has 4 heteroatoms. The monoisotopic (exact) mass is 203 g/mol. The zero-order valence-electron chi connectivity index (χ0n) is 8.10. The molecule has 1 aliphatic heterocycles. The molecule has 0 bridgehead atoms. The van der Waals surface area contributed by atoms with Crippen LogP contribution in [0.4, 0.5) is 5.69 Å². The minimum atomic E-state index is -0.677. The van der Waals surface area contributed by atoms with E-state index < -0.39 is 17.6 Å². The van der Waals surface area contributed by atoms with Gasteiger partial charge in [-0.05, 0) is 19.1 Å². The number of aliphatic hydroxyl groups excluding tert-OH is 1. The summed E-state index contributed by atoms with van der Waals surface area (Å²) in [6.45, 7) is 1.91. The van der Waals surface area contributed by atoms with Crippen LogP contribution in [0.1, 0.15) is 5.56 Å². The second kappa shape index (κ2) is 3.24. The predicted octanol–water partition coefficient (Wildman–Crippen LogP) is 1.31. The van der Waals surface area contributed by atoms with E-state index in [1.807, 2.05) is 6.92 Å². The highest BCUT2D eigenvalue weighted by Gasteiger charge is 2.31. The average Bonchev–Trinajstić information content (AvgIpc) is 2.44. The molecule has 2 rings (SSSR count). The Morgan fingerprint density at radius 2 is 1.73 bits per heavy atom. The summed E-state index contributed by atoms with van der Waals surface area (Å²) in [4.78, 5) is 23.7. The molecule has 76 valence electrons. The molecule has 15 heavy (non-hydrogen) atoms. The zero-order chi connectivity index (χ0) is 11.0. The van der Waals surface area contributed by atoms with Gasteiger partial charge in [-0.2, -0.15) is 0 Å². The normalized spacial score (nSPS) is 15.8. The van der Waals surface area contributed by atoms with Gasteiger partial charge in [-0.3, -0.25) is 9.59 Å². The Labute approximate surface area is 86.4 Å². The Hall–Kier alpha value is -2.10. The van der Waals surface area contributed by atoms with Gasteiger partial charge in [-0.1, -0.05) is 17.7 Å². The summed E-state index contributed by atoms with van der Waals surface area (Å²) in [5.41, 5.74) is 1.51. The lowest BCUT2D eigenvalue weighted by Gasteiger charge is -2.13. The highest BCUT2D eigenvalue weighted by atomic mass is 16.3. The summed E-state index contributed by atoms with van der Waals surface area (Å²) < 4.78 is 0. The fraction of sp³-hybridized carbons (Fsp3) is 0.0909. The van der Waals surface area contributed by atoms with Crippen LogP contribution in [0.15, 0.2) is 36.1 Å². The highest BCUT2D eigenvalue weighted by Crippen LogP contribution is 2.21. The largest absolute Gasteiger partial charge is 0.503 e. The van der Waals surface area contributed by atoms with E-state index >= 15 is 0 Å². The third kappa shape index (κ3) is 1.50. The molecular weight excluding hydrogens is 194 g/mol. The first-order valence-electron chi connectivity index (χ1n) is 4.45. The van der Waals surface area contributed by atoms with Crippen LogP contribution in [0, 0.1) is 6.92 Å². The third-order valence-corrected chi connectivity index (χ3v) is 2.19. The number of carbonyl (C=O) groups excluding carboxylic acids is 2. The summed E-state index contributed by atoms with van der Waals surface area (Å²) >= 11 is 0. The molecule has 0 aliphatic carbocycles. The van der Waals surface area contributed by atoms with Gasteiger partial charge in [-0.15, -0.1) is 0 Å². The number of nitrogens with zero attached hydrogens (tertiary/aromatic N) is 1. The molecule has 0 saturated heterocycles. The standard InChI is InChI=1S/C11H9NO3/c1-7-2-4-8(5-3-7)12-10(14)6-9(13)11(12)15/h2-6,13H,1H3. The summed E-state index contributed by atoms with van der Waals surface area (Å²) in [6, 6.07) is 6.92. The molecule has 0 aromatic heterocycles. The molecule has 1 heterocycles. The topological polar surface area (TPSA) is 57.6 Å². The van der Waals surface area contributed by atoms with Gasteiger partial charge in [-0.25, -0.2) is 4.90 Å². The van der Waals surface area contributed by atoms with Crippen LogP contribution in [0.25, 0.3) is 0 Å². The van der Waals surface area contributed by atoms with Crippen LogP contribution in [0.3, 0.4) is 0 Å². The van der Waals surface area contributed by atoms with Gasteiger partial charge >= 0.3 is 0 Å². The number of rotatable bonds is 1. The Kier molecular flexibility index (Phi) is 2.04. The number of benzene rings is 1. The lowest BCUT2D eigenvalue weighted by molar-refractivity contribution is -0.121. The molecule has 1 aromatic rings. The maximum absolute atomic E-state index is 11.4. The number of imide groups is 1. The molecule has 0 saturated carbocycles. The van der Waals surface area contributed by atoms with Gasteiger partial charge < -0.3 is 5.11 Å². The van der Waals surface area contributed by atoms with Crippen molar-refractivity contribution in [2.24, 2.45) is 0 Å². The van der Waals surface area contributed by atoms with E-state index in [2.05, 4.69) is 0 Å². The van der Waals surface area contributed by atoms with Crippen LogP contribution < -0.4 is 4.90 Å². The SMILES string of the molecule is Cc1ccc(N2C(=O)C=C(O)C2=O)cc1. The minimum Gasteiger partial charge on any atom is -0.503 e. The Morgan fingerprint density at radius 1 is 1.13 bits per heavy atom. The molecule has 1 N–H and O–H groups in total. The first-order valence-corrected chi connectivity index (χ1v) is 4.45. The number of aryl methyl sites for hydroxylation is 1. The van der Waals surface area contributed by atoms with E-state index in [0.29, 0.717) is 5.69 Å². The van der Waals surface area contributed by atoms with Crippen molar-refractivity contribution in [3.8, 4) is 0 Å². The Bertz CT molecular complexity index is 459. The fourth-order valence-corrected chi connectivity index (χ4v) is 1.40. The highest BCUT2D eigenvalue weighted by molar-refractivity contribution is 6.29. The van der Waals surface area contributed by atoms with Crippen molar-refractivity contribution in [3.63, 3.8) is 0 Å². The van der Waals surface area contributed by atoms with Crippen molar-refractivity contribution in [3.05, 3.63) is 41.7 Å².